The van der Waals surface area contributed by atoms with E-state index in [0.29, 0.717) is 20.8 Å². The molecule has 0 aliphatic heterocycles. The smallest absolute Gasteiger partial charge is 0.171 e. The SMILES string of the molecule is N#Cc1ccnc(Sc2ncc[nH]2)c1Cl. The van der Waals surface area contributed by atoms with Crippen LogP contribution >= 0.6 is 23.4 Å². The van der Waals surface area contributed by atoms with Gasteiger partial charge in [0.1, 0.15) is 11.1 Å². The average Bonchev–Trinajstić information content (AvgIpc) is 2.74. The molecule has 0 bridgehead atoms. The molecule has 1 N–H and O–H groups in total. The molecular weight excluding hydrogens is 232 g/mol. The van der Waals surface area contributed by atoms with E-state index in [1.807, 2.05) is 6.07 Å². The molecule has 2 heterocycles. The Balaban J connectivity index is 2.34. The summed E-state index contributed by atoms with van der Waals surface area (Å²) in [6.45, 7) is 0. The van der Waals surface area contributed by atoms with Crippen molar-refractivity contribution in [3.63, 3.8) is 0 Å². The van der Waals surface area contributed by atoms with Crippen molar-refractivity contribution < 1.29 is 0 Å². The lowest BCUT2D eigenvalue weighted by Gasteiger charge is -2.00. The van der Waals surface area contributed by atoms with Crippen molar-refractivity contribution in [1.82, 2.24) is 15.0 Å². The number of H-pyrrole nitrogens is 1. The Morgan fingerprint density at radius 1 is 1.40 bits per heavy atom. The lowest BCUT2D eigenvalue weighted by atomic mass is 10.3. The molecule has 0 aliphatic carbocycles. The van der Waals surface area contributed by atoms with Gasteiger partial charge in [0.25, 0.3) is 0 Å². The van der Waals surface area contributed by atoms with Crippen LogP contribution in [0.1, 0.15) is 5.56 Å². The summed E-state index contributed by atoms with van der Waals surface area (Å²) in [6.07, 6.45) is 4.91. The van der Waals surface area contributed by atoms with E-state index < -0.39 is 0 Å². The predicted molar refractivity (Wildman–Crippen MR) is 56.7 cm³/mol. The van der Waals surface area contributed by atoms with E-state index in [1.165, 1.54) is 11.8 Å². The maximum Gasteiger partial charge on any atom is 0.171 e. The van der Waals surface area contributed by atoms with Crippen molar-refractivity contribution in [2.45, 2.75) is 10.2 Å². The Kier molecular flexibility index (Phi) is 2.90. The van der Waals surface area contributed by atoms with Gasteiger partial charge >= 0.3 is 0 Å². The molecule has 0 fully saturated rings. The molecule has 0 saturated carbocycles. The highest BCUT2D eigenvalue weighted by Crippen LogP contribution is 2.30. The fourth-order valence-corrected chi connectivity index (χ4v) is 1.99. The Bertz CT molecular complexity index is 503. The first-order valence-corrected chi connectivity index (χ1v) is 5.22. The van der Waals surface area contributed by atoms with E-state index >= 15 is 0 Å². The van der Waals surface area contributed by atoms with Gasteiger partial charge < -0.3 is 4.98 Å². The fraction of sp³-hybridized carbons (Fsp3) is 0. The van der Waals surface area contributed by atoms with Crippen LogP contribution in [0.3, 0.4) is 0 Å². The van der Waals surface area contributed by atoms with E-state index in [2.05, 4.69) is 15.0 Å². The highest BCUT2D eigenvalue weighted by atomic mass is 35.5. The van der Waals surface area contributed by atoms with Gasteiger partial charge in [-0.25, -0.2) is 9.97 Å². The molecule has 2 aromatic rings. The second kappa shape index (κ2) is 4.34. The molecule has 0 amide bonds. The minimum Gasteiger partial charge on any atom is -0.339 e. The monoisotopic (exact) mass is 236 g/mol. The number of hydrogen-bond acceptors (Lipinski definition) is 4. The summed E-state index contributed by atoms with van der Waals surface area (Å²) < 4.78 is 0. The molecule has 74 valence electrons. The van der Waals surface area contributed by atoms with Gasteiger partial charge in [0.15, 0.2) is 5.16 Å². The van der Waals surface area contributed by atoms with Crippen LogP contribution < -0.4 is 0 Å². The summed E-state index contributed by atoms with van der Waals surface area (Å²) in [5, 5.41) is 10.4. The van der Waals surface area contributed by atoms with Crippen molar-refractivity contribution in [1.29, 1.82) is 5.26 Å². The Hall–Kier alpha value is -1.51. The number of nitrogens with one attached hydrogen (secondary N) is 1. The lowest BCUT2D eigenvalue weighted by molar-refractivity contribution is 1.04. The first-order chi connectivity index (χ1) is 7.31. The van der Waals surface area contributed by atoms with Gasteiger partial charge in [-0.1, -0.05) is 11.6 Å². The van der Waals surface area contributed by atoms with Crippen molar-refractivity contribution in [2.24, 2.45) is 0 Å². The van der Waals surface area contributed by atoms with E-state index in [1.54, 1.807) is 24.7 Å². The lowest BCUT2D eigenvalue weighted by Crippen LogP contribution is -1.86. The number of nitrogens with zero attached hydrogens (tertiary/aromatic N) is 3. The topological polar surface area (TPSA) is 65.4 Å². The van der Waals surface area contributed by atoms with Crippen LogP contribution in [0.5, 0.6) is 0 Å². The first kappa shape index (κ1) is 10.0. The zero-order chi connectivity index (χ0) is 10.7. The normalized spacial score (nSPS) is 9.87. The van der Waals surface area contributed by atoms with Crippen LogP contribution in [0.2, 0.25) is 5.02 Å². The minimum absolute atomic E-state index is 0.362. The standard InChI is InChI=1S/C9H5ClN4S/c10-7-6(5-11)1-2-12-8(7)15-9-13-3-4-14-9/h1-4H,(H,13,14). The van der Waals surface area contributed by atoms with E-state index in [9.17, 15) is 0 Å². The number of aromatic amines is 1. The number of aromatic nitrogens is 3. The molecule has 0 radical (unpaired) electrons. The maximum absolute atomic E-state index is 8.77. The van der Waals surface area contributed by atoms with Crippen LogP contribution in [0.15, 0.2) is 34.8 Å². The van der Waals surface area contributed by atoms with E-state index in [0.717, 1.165) is 0 Å². The summed E-state index contributed by atoms with van der Waals surface area (Å²) in [4.78, 5) is 11.0. The molecule has 15 heavy (non-hydrogen) atoms. The average molecular weight is 237 g/mol. The molecule has 6 heteroatoms. The predicted octanol–water partition coefficient (Wildman–Crippen LogP) is 2.48. The van der Waals surface area contributed by atoms with Crippen LogP contribution in [0.25, 0.3) is 0 Å². The van der Waals surface area contributed by atoms with E-state index in [4.69, 9.17) is 16.9 Å². The molecule has 2 rings (SSSR count). The van der Waals surface area contributed by atoms with Gasteiger partial charge in [0.05, 0.1) is 10.6 Å². The summed E-state index contributed by atoms with van der Waals surface area (Å²) in [5.41, 5.74) is 0.417. The van der Waals surface area contributed by atoms with Crippen molar-refractivity contribution in [2.75, 3.05) is 0 Å². The summed E-state index contributed by atoms with van der Waals surface area (Å²) in [6, 6.07) is 3.58. The molecule has 0 atom stereocenters. The van der Waals surface area contributed by atoms with Gasteiger partial charge in [-0.05, 0) is 17.8 Å². The fourth-order valence-electron chi connectivity index (χ4n) is 0.980. The summed E-state index contributed by atoms with van der Waals surface area (Å²) >= 11 is 7.27. The maximum atomic E-state index is 8.77. The van der Waals surface area contributed by atoms with Gasteiger partial charge in [-0.3, -0.25) is 0 Å². The third-order valence-corrected chi connectivity index (χ3v) is 3.06. The van der Waals surface area contributed by atoms with Crippen molar-refractivity contribution in [3.05, 3.63) is 35.2 Å². The van der Waals surface area contributed by atoms with Gasteiger partial charge in [-0.15, -0.1) is 0 Å². The van der Waals surface area contributed by atoms with Crippen LogP contribution in [-0.4, -0.2) is 15.0 Å². The minimum atomic E-state index is 0.362. The summed E-state index contributed by atoms with van der Waals surface area (Å²) in [7, 11) is 0. The number of hydrogen-bond donors (Lipinski definition) is 1. The molecular formula is C9H5ClN4S. The van der Waals surface area contributed by atoms with Crippen molar-refractivity contribution in [3.8, 4) is 6.07 Å². The molecule has 0 spiro atoms. The zero-order valence-electron chi connectivity index (χ0n) is 7.44. The molecule has 0 saturated heterocycles. The molecule has 0 aromatic carbocycles. The third-order valence-electron chi connectivity index (χ3n) is 1.64. The number of pyridine rings is 1. The first-order valence-electron chi connectivity index (χ1n) is 4.03. The number of imidazole rings is 1. The second-order valence-electron chi connectivity index (χ2n) is 2.59. The molecule has 2 aromatic heterocycles. The van der Waals surface area contributed by atoms with Gasteiger partial charge in [0.2, 0.25) is 0 Å². The second-order valence-corrected chi connectivity index (χ2v) is 3.94. The van der Waals surface area contributed by atoms with Gasteiger partial charge in [-0.2, -0.15) is 5.26 Å². The quantitative estimate of drug-likeness (QED) is 0.870. The van der Waals surface area contributed by atoms with Crippen LogP contribution in [0.4, 0.5) is 0 Å². The van der Waals surface area contributed by atoms with Gasteiger partial charge in [0, 0.05) is 18.6 Å². The van der Waals surface area contributed by atoms with Crippen molar-refractivity contribution >= 4 is 23.4 Å². The number of halogens is 1. The highest BCUT2D eigenvalue weighted by Gasteiger charge is 2.09. The Labute approximate surface area is 95.3 Å². The number of rotatable bonds is 2. The summed E-state index contributed by atoms with van der Waals surface area (Å²) in [5.74, 6) is 0. The number of nitriles is 1. The van der Waals surface area contributed by atoms with E-state index in [-0.39, 0.29) is 0 Å². The van der Waals surface area contributed by atoms with Crippen LogP contribution in [-0.2, 0) is 0 Å². The zero-order valence-corrected chi connectivity index (χ0v) is 9.01. The molecule has 0 aliphatic rings. The highest BCUT2D eigenvalue weighted by molar-refractivity contribution is 7.99. The molecule has 4 nitrogen and oxygen atoms in total. The molecule has 0 unspecified atom stereocenters. The Morgan fingerprint density at radius 2 is 2.27 bits per heavy atom. The third kappa shape index (κ3) is 2.12. The largest absolute Gasteiger partial charge is 0.339 e. The Morgan fingerprint density at radius 3 is 2.93 bits per heavy atom. The van der Waals surface area contributed by atoms with Crippen LogP contribution in [0, 0.1) is 11.3 Å².